The van der Waals surface area contributed by atoms with Gasteiger partial charge < -0.3 is 15.8 Å². The van der Waals surface area contributed by atoms with Gasteiger partial charge in [-0.1, -0.05) is 15.9 Å². The molecule has 4 nitrogen and oxygen atoms in total. The molecule has 0 fully saturated rings. The van der Waals surface area contributed by atoms with Gasteiger partial charge in [-0.3, -0.25) is 4.79 Å². The largest absolute Gasteiger partial charge is 0.452 e. The van der Waals surface area contributed by atoms with Gasteiger partial charge in [-0.2, -0.15) is 4.39 Å². The fourth-order valence-electron chi connectivity index (χ4n) is 1.63. The minimum Gasteiger partial charge on any atom is -0.452 e. The lowest BCUT2D eigenvalue weighted by molar-refractivity contribution is 0.0963. The zero-order valence-electron chi connectivity index (χ0n) is 10.9. The van der Waals surface area contributed by atoms with Crippen LogP contribution in [0.15, 0.2) is 34.8 Å². The van der Waals surface area contributed by atoms with Gasteiger partial charge in [-0.15, -0.1) is 0 Å². The highest BCUT2D eigenvalue weighted by Gasteiger charge is 2.15. The number of halogens is 3. The quantitative estimate of drug-likeness (QED) is 0.653. The van der Waals surface area contributed by atoms with Crippen LogP contribution in [0, 0.1) is 11.6 Å². The van der Waals surface area contributed by atoms with E-state index < -0.39 is 11.6 Å². The maximum atomic E-state index is 13.7. The SMILES string of the molecule is CNC(=O)c1ccc(N)c(Oc2cc(Br)cc(F)c2F)c1. The fraction of sp³-hybridized carbons (Fsp3) is 0.0714. The van der Waals surface area contributed by atoms with Crippen LogP contribution >= 0.6 is 15.9 Å². The van der Waals surface area contributed by atoms with Gasteiger partial charge in [0.05, 0.1) is 5.69 Å². The maximum Gasteiger partial charge on any atom is 0.251 e. The molecule has 7 heteroatoms. The van der Waals surface area contributed by atoms with E-state index in [1.54, 1.807) is 0 Å². The number of nitrogens with two attached hydrogens (primary N) is 1. The van der Waals surface area contributed by atoms with Gasteiger partial charge in [0.1, 0.15) is 0 Å². The molecule has 0 aromatic heterocycles. The number of rotatable bonds is 3. The number of nitrogens with one attached hydrogen (secondary N) is 1. The van der Waals surface area contributed by atoms with Crippen LogP contribution in [0.2, 0.25) is 0 Å². The average Bonchev–Trinajstić information content (AvgIpc) is 2.45. The second-order valence-corrected chi connectivity index (χ2v) is 5.05. The third-order valence-electron chi connectivity index (χ3n) is 2.68. The van der Waals surface area contributed by atoms with Crippen LogP contribution in [0.3, 0.4) is 0 Å². The highest BCUT2D eigenvalue weighted by molar-refractivity contribution is 9.10. The summed E-state index contributed by atoms with van der Waals surface area (Å²) in [4.78, 5) is 11.6. The zero-order chi connectivity index (χ0) is 15.6. The Morgan fingerprint density at radius 3 is 2.62 bits per heavy atom. The van der Waals surface area contributed by atoms with Gasteiger partial charge in [0.15, 0.2) is 17.3 Å². The summed E-state index contributed by atoms with van der Waals surface area (Å²) in [5.41, 5.74) is 6.21. The third kappa shape index (κ3) is 3.30. The van der Waals surface area contributed by atoms with E-state index in [0.717, 1.165) is 6.07 Å². The van der Waals surface area contributed by atoms with E-state index in [1.807, 2.05) is 0 Å². The van der Waals surface area contributed by atoms with Crippen molar-refractivity contribution in [1.82, 2.24) is 5.32 Å². The van der Waals surface area contributed by atoms with E-state index in [1.165, 1.54) is 31.3 Å². The number of benzene rings is 2. The Morgan fingerprint density at radius 1 is 1.24 bits per heavy atom. The minimum absolute atomic E-state index is 0.0625. The molecule has 0 saturated carbocycles. The summed E-state index contributed by atoms with van der Waals surface area (Å²) >= 11 is 3.05. The lowest BCUT2D eigenvalue weighted by atomic mass is 10.2. The van der Waals surface area contributed by atoms with Crippen LogP contribution in [0.1, 0.15) is 10.4 Å². The summed E-state index contributed by atoms with van der Waals surface area (Å²) in [6.45, 7) is 0. The lowest BCUT2D eigenvalue weighted by Crippen LogP contribution is -2.17. The Hall–Kier alpha value is -2.15. The number of nitrogen functional groups attached to an aromatic ring is 1. The third-order valence-corrected chi connectivity index (χ3v) is 3.14. The Labute approximate surface area is 128 Å². The second kappa shape index (κ2) is 6.09. The molecule has 0 aliphatic carbocycles. The molecule has 2 aromatic rings. The first-order valence-electron chi connectivity index (χ1n) is 5.86. The molecule has 0 heterocycles. The van der Waals surface area contributed by atoms with Crippen LogP contribution in [0.4, 0.5) is 14.5 Å². The number of ether oxygens (including phenoxy) is 1. The van der Waals surface area contributed by atoms with Crippen molar-refractivity contribution >= 4 is 27.5 Å². The van der Waals surface area contributed by atoms with Crippen molar-refractivity contribution in [3.63, 3.8) is 0 Å². The molecule has 2 rings (SSSR count). The standard InChI is InChI=1S/C14H11BrF2N2O2/c1-19-14(20)7-2-3-10(18)11(4-7)21-12-6-8(15)5-9(16)13(12)17/h2-6H,18H2,1H3,(H,19,20). The summed E-state index contributed by atoms with van der Waals surface area (Å²) in [6, 6.07) is 6.55. The Bertz CT molecular complexity index is 708. The molecule has 2 aromatic carbocycles. The molecule has 0 aliphatic rings. The van der Waals surface area contributed by atoms with Gasteiger partial charge in [0, 0.05) is 17.1 Å². The van der Waals surface area contributed by atoms with Crippen molar-refractivity contribution in [2.75, 3.05) is 12.8 Å². The predicted octanol–water partition coefficient (Wildman–Crippen LogP) is 3.46. The van der Waals surface area contributed by atoms with Crippen molar-refractivity contribution < 1.29 is 18.3 Å². The van der Waals surface area contributed by atoms with Gasteiger partial charge in [-0.25, -0.2) is 4.39 Å². The molecule has 0 aliphatic heterocycles. The monoisotopic (exact) mass is 356 g/mol. The molecule has 21 heavy (non-hydrogen) atoms. The molecule has 0 radical (unpaired) electrons. The van der Waals surface area contributed by atoms with Crippen LogP contribution in [-0.4, -0.2) is 13.0 Å². The van der Waals surface area contributed by atoms with Crippen molar-refractivity contribution in [2.45, 2.75) is 0 Å². The van der Waals surface area contributed by atoms with Crippen LogP contribution in [0.25, 0.3) is 0 Å². The van der Waals surface area contributed by atoms with E-state index in [0.29, 0.717) is 4.47 Å². The highest BCUT2D eigenvalue weighted by Crippen LogP contribution is 2.33. The summed E-state index contributed by atoms with van der Waals surface area (Å²) < 4.78 is 32.6. The molecular weight excluding hydrogens is 346 g/mol. The lowest BCUT2D eigenvalue weighted by Gasteiger charge is -2.11. The predicted molar refractivity (Wildman–Crippen MR) is 78.4 cm³/mol. The maximum absolute atomic E-state index is 13.7. The van der Waals surface area contributed by atoms with Crippen LogP contribution in [-0.2, 0) is 0 Å². The first-order valence-corrected chi connectivity index (χ1v) is 6.65. The number of amides is 1. The average molecular weight is 357 g/mol. The number of hydrogen-bond acceptors (Lipinski definition) is 3. The van der Waals surface area contributed by atoms with Crippen molar-refractivity contribution in [2.24, 2.45) is 0 Å². The molecule has 0 unspecified atom stereocenters. The molecule has 0 atom stereocenters. The fourth-order valence-corrected chi connectivity index (χ4v) is 2.04. The Kier molecular flexibility index (Phi) is 4.42. The zero-order valence-corrected chi connectivity index (χ0v) is 12.5. The Morgan fingerprint density at radius 2 is 1.95 bits per heavy atom. The van der Waals surface area contributed by atoms with Crippen molar-refractivity contribution in [3.05, 3.63) is 52.0 Å². The van der Waals surface area contributed by atoms with Crippen LogP contribution in [0.5, 0.6) is 11.5 Å². The summed E-state index contributed by atoms with van der Waals surface area (Å²) in [5.74, 6) is -2.81. The van der Waals surface area contributed by atoms with Gasteiger partial charge in [0.25, 0.3) is 5.91 Å². The van der Waals surface area contributed by atoms with E-state index in [4.69, 9.17) is 10.5 Å². The second-order valence-electron chi connectivity index (χ2n) is 4.13. The minimum atomic E-state index is -1.14. The number of hydrogen-bond donors (Lipinski definition) is 2. The van der Waals surface area contributed by atoms with Gasteiger partial charge in [-0.05, 0) is 30.3 Å². The van der Waals surface area contributed by atoms with E-state index >= 15 is 0 Å². The molecular formula is C14H11BrF2N2O2. The summed E-state index contributed by atoms with van der Waals surface area (Å²) in [5, 5.41) is 2.44. The van der Waals surface area contributed by atoms with Crippen LogP contribution < -0.4 is 15.8 Å². The van der Waals surface area contributed by atoms with E-state index in [-0.39, 0.29) is 28.7 Å². The van der Waals surface area contributed by atoms with Crippen molar-refractivity contribution in [3.8, 4) is 11.5 Å². The first kappa shape index (κ1) is 15.2. The van der Waals surface area contributed by atoms with E-state index in [2.05, 4.69) is 21.2 Å². The normalized spacial score (nSPS) is 10.3. The highest BCUT2D eigenvalue weighted by atomic mass is 79.9. The number of carbonyl (C=O) groups is 1. The molecule has 110 valence electrons. The first-order chi connectivity index (χ1) is 9.92. The molecule has 0 bridgehead atoms. The Balaban J connectivity index is 2.42. The molecule has 0 saturated heterocycles. The molecule has 3 N–H and O–H groups in total. The summed E-state index contributed by atoms with van der Waals surface area (Å²) in [6.07, 6.45) is 0. The smallest absolute Gasteiger partial charge is 0.251 e. The molecule has 0 spiro atoms. The van der Waals surface area contributed by atoms with Crippen molar-refractivity contribution in [1.29, 1.82) is 0 Å². The molecule has 1 amide bonds. The van der Waals surface area contributed by atoms with E-state index in [9.17, 15) is 13.6 Å². The topological polar surface area (TPSA) is 64.4 Å². The van der Waals surface area contributed by atoms with Gasteiger partial charge in [0.2, 0.25) is 5.82 Å². The number of anilines is 1. The summed E-state index contributed by atoms with van der Waals surface area (Å²) in [7, 11) is 1.47. The number of carbonyl (C=O) groups excluding carboxylic acids is 1. The van der Waals surface area contributed by atoms with Gasteiger partial charge >= 0.3 is 0 Å².